The quantitative estimate of drug-likeness (QED) is 0.352. The van der Waals surface area contributed by atoms with E-state index in [1.807, 2.05) is 0 Å². The molecule has 4 rings (SSSR count). The van der Waals surface area contributed by atoms with Crippen molar-refractivity contribution in [3.63, 3.8) is 0 Å². The second kappa shape index (κ2) is 7.97. The van der Waals surface area contributed by atoms with Gasteiger partial charge in [0.05, 0.1) is 30.2 Å². The van der Waals surface area contributed by atoms with Gasteiger partial charge in [-0.2, -0.15) is 5.01 Å². The van der Waals surface area contributed by atoms with Crippen molar-refractivity contribution in [2.75, 3.05) is 19.2 Å². The number of methoxy groups -OCH3 is 2. The third kappa shape index (κ3) is 3.97. The van der Waals surface area contributed by atoms with Crippen molar-refractivity contribution in [1.82, 2.24) is 19.6 Å². The van der Waals surface area contributed by atoms with E-state index in [1.54, 1.807) is 51.2 Å². The molecule has 0 fully saturated rings. The van der Waals surface area contributed by atoms with E-state index in [2.05, 4.69) is 15.0 Å². The molecule has 4 aromatic heterocycles. The van der Waals surface area contributed by atoms with Crippen LogP contribution in [0.5, 0.6) is 11.8 Å². The number of pyridine rings is 2. The number of carbonyl (C=O) groups is 1. The average Bonchev–Trinajstić information content (AvgIpc) is 3.34. The summed E-state index contributed by atoms with van der Waals surface area (Å²) in [5, 5.41) is 12.9. The molecular weight excluding hydrogens is 432 g/mol. The maximum atomic E-state index is 13.4. The lowest BCUT2D eigenvalue weighted by Gasteiger charge is -2.27. The number of H-pyrrole nitrogens is 1. The molecule has 0 radical (unpaired) electrons. The Morgan fingerprint density at radius 3 is 2.33 bits per heavy atom. The molecule has 0 atom stereocenters. The molecule has 172 valence electrons. The van der Waals surface area contributed by atoms with Crippen LogP contribution in [0, 0.1) is 10.1 Å². The number of anilines is 1. The monoisotopic (exact) mass is 454 g/mol. The highest BCUT2D eigenvalue weighted by Crippen LogP contribution is 2.34. The first-order valence-corrected chi connectivity index (χ1v) is 9.89. The van der Waals surface area contributed by atoms with Crippen molar-refractivity contribution in [1.29, 1.82) is 0 Å². The maximum Gasteiger partial charge on any atom is 0.434 e. The predicted octanol–water partition coefficient (Wildman–Crippen LogP) is 4.04. The zero-order valence-electron chi connectivity index (χ0n) is 18.6. The average molecular weight is 454 g/mol. The Hall–Kier alpha value is -4.35. The molecule has 1 amide bonds. The molecule has 0 aliphatic heterocycles. The molecule has 12 nitrogen and oxygen atoms in total. The molecule has 0 spiro atoms. The molecule has 33 heavy (non-hydrogen) atoms. The number of carbonyl (C=O) groups excluding carboxylic acids is 1. The second-order valence-corrected chi connectivity index (χ2v) is 8.05. The molecule has 1 N–H and O–H groups in total. The third-order valence-electron chi connectivity index (χ3n) is 4.68. The van der Waals surface area contributed by atoms with Gasteiger partial charge in [-0.1, -0.05) is 0 Å². The van der Waals surface area contributed by atoms with Gasteiger partial charge in [-0.3, -0.25) is 10.1 Å². The molecule has 0 aliphatic carbocycles. The van der Waals surface area contributed by atoms with E-state index in [0.717, 1.165) is 0 Å². The molecule has 4 heterocycles. The minimum atomic E-state index is -0.830. The van der Waals surface area contributed by atoms with Gasteiger partial charge in [-0.25, -0.2) is 19.4 Å². The summed E-state index contributed by atoms with van der Waals surface area (Å²) >= 11 is 0. The summed E-state index contributed by atoms with van der Waals surface area (Å²) in [7, 11) is 2.89. The molecule has 0 aromatic carbocycles. The molecule has 12 heteroatoms. The van der Waals surface area contributed by atoms with Crippen molar-refractivity contribution in [3.8, 4) is 11.8 Å². The lowest BCUT2D eigenvalue weighted by molar-refractivity contribution is -0.383. The fourth-order valence-electron chi connectivity index (χ4n) is 3.32. The second-order valence-electron chi connectivity index (χ2n) is 8.05. The zero-order valence-corrected chi connectivity index (χ0v) is 18.6. The SMILES string of the molecule is COc1ccc2[nH]cc(N(C(=O)OC(C)(C)C)n3cc([N+](=O)[O-])c4nc(OC)ccc43)c2n1. The fourth-order valence-corrected chi connectivity index (χ4v) is 3.32. The lowest BCUT2D eigenvalue weighted by atomic mass is 10.2. The first-order valence-electron chi connectivity index (χ1n) is 9.89. The topological polar surface area (TPSA) is 138 Å². The van der Waals surface area contributed by atoms with Crippen LogP contribution in [0.4, 0.5) is 16.2 Å². The van der Waals surface area contributed by atoms with Crippen molar-refractivity contribution in [2.24, 2.45) is 0 Å². The Bertz CT molecular complexity index is 1370. The minimum absolute atomic E-state index is 0.0540. The summed E-state index contributed by atoms with van der Waals surface area (Å²) in [5.74, 6) is 0.535. The fraction of sp³-hybridized carbons (Fsp3) is 0.286. The highest BCUT2D eigenvalue weighted by Gasteiger charge is 2.32. The highest BCUT2D eigenvalue weighted by atomic mass is 16.6. The summed E-state index contributed by atoms with van der Waals surface area (Å²) in [6.07, 6.45) is 2.01. The van der Waals surface area contributed by atoms with E-state index in [0.29, 0.717) is 28.1 Å². The molecular formula is C21H22N6O6. The molecule has 4 aromatic rings. The van der Waals surface area contributed by atoms with E-state index < -0.39 is 16.6 Å². The lowest BCUT2D eigenvalue weighted by Crippen LogP contribution is -2.40. The molecule has 0 unspecified atom stereocenters. The Labute approximate surface area is 187 Å². The number of nitrogens with one attached hydrogen (secondary N) is 1. The third-order valence-corrected chi connectivity index (χ3v) is 4.68. The number of hydrogen-bond donors (Lipinski definition) is 1. The number of fused-ring (bicyclic) bond motifs is 2. The Morgan fingerprint density at radius 2 is 1.73 bits per heavy atom. The van der Waals surface area contributed by atoms with E-state index in [4.69, 9.17) is 14.2 Å². The summed E-state index contributed by atoms with van der Waals surface area (Å²) in [4.78, 5) is 36.3. The van der Waals surface area contributed by atoms with Crippen LogP contribution in [0.15, 0.2) is 36.7 Å². The Morgan fingerprint density at radius 1 is 1.09 bits per heavy atom. The van der Waals surface area contributed by atoms with Crippen molar-refractivity contribution >= 4 is 39.5 Å². The Kier molecular flexibility index (Phi) is 5.28. The van der Waals surface area contributed by atoms with Crippen LogP contribution in [0.3, 0.4) is 0 Å². The standard InChI is InChI=1S/C21H22N6O6/c1-21(2,3)33-20(28)26(14-10-22-12-6-8-16(31-4)23-18(12)14)25-11-15(27(29)30)19-13(25)7-9-17(24-19)32-5/h6-11,22H,1-5H3. The van der Waals surface area contributed by atoms with Gasteiger partial charge < -0.3 is 19.2 Å². The van der Waals surface area contributed by atoms with Gasteiger partial charge in [0.1, 0.15) is 23.0 Å². The van der Waals surface area contributed by atoms with E-state index >= 15 is 0 Å². The van der Waals surface area contributed by atoms with Crippen LogP contribution in [-0.4, -0.2) is 50.5 Å². The number of aromatic amines is 1. The number of ether oxygens (including phenoxy) is 3. The van der Waals surface area contributed by atoms with Gasteiger partial charge in [0, 0.05) is 18.3 Å². The van der Waals surface area contributed by atoms with Crippen molar-refractivity contribution in [2.45, 2.75) is 26.4 Å². The normalized spacial score (nSPS) is 11.5. The van der Waals surface area contributed by atoms with Gasteiger partial charge in [-0.05, 0) is 32.9 Å². The highest BCUT2D eigenvalue weighted by molar-refractivity contribution is 6.01. The Balaban J connectivity index is 2.00. The minimum Gasteiger partial charge on any atom is -0.481 e. The first-order chi connectivity index (χ1) is 15.6. The summed E-state index contributed by atoms with van der Waals surface area (Å²) < 4.78 is 17.3. The first kappa shape index (κ1) is 21.9. The molecule has 0 saturated carbocycles. The van der Waals surface area contributed by atoms with Crippen LogP contribution in [0.25, 0.3) is 22.1 Å². The van der Waals surface area contributed by atoms with Gasteiger partial charge in [0.15, 0.2) is 5.52 Å². The van der Waals surface area contributed by atoms with Crippen LogP contribution >= 0.6 is 0 Å². The summed E-state index contributed by atoms with van der Waals surface area (Å²) in [6.45, 7) is 5.17. The zero-order chi connectivity index (χ0) is 23.9. The largest absolute Gasteiger partial charge is 0.481 e. The smallest absolute Gasteiger partial charge is 0.434 e. The van der Waals surface area contributed by atoms with Gasteiger partial charge in [-0.15, -0.1) is 0 Å². The van der Waals surface area contributed by atoms with E-state index in [1.165, 1.54) is 30.1 Å². The van der Waals surface area contributed by atoms with Crippen LogP contribution in [-0.2, 0) is 4.74 Å². The van der Waals surface area contributed by atoms with Crippen LogP contribution in [0.2, 0.25) is 0 Å². The number of hydrogen-bond acceptors (Lipinski definition) is 8. The van der Waals surface area contributed by atoms with Gasteiger partial charge in [0.2, 0.25) is 11.8 Å². The molecule has 0 saturated heterocycles. The van der Waals surface area contributed by atoms with E-state index in [9.17, 15) is 14.9 Å². The van der Waals surface area contributed by atoms with Gasteiger partial charge in [0.25, 0.3) is 0 Å². The maximum absolute atomic E-state index is 13.4. The van der Waals surface area contributed by atoms with Crippen LogP contribution < -0.4 is 14.5 Å². The van der Waals surface area contributed by atoms with Crippen LogP contribution in [0.1, 0.15) is 20.8 Å². The number of aromatic nitrogens is 4. The van der Waals surface area contributed by atoms with Gasteiger partial charge >= 0.3 is 11.8 Å². The van der Waals surface area contributed by atoms with Crippen molar-refractivity contribution in [3.05, 3.63) is 46.8 Å². The number of rotatable bonds is 5. The van der Waals surface area contributed by atoms with Crippen molar-refractivity contribution < 1.29 is 23.9 Å². The number of amides is 1. The number of nitrogens with zero attached hydrogens (tertiary/aromatic N) is 5. The summed E-state index contributed by atoms with van der Waals surface area (Å²) in [5.41, 5.74) is 0.562. The molecule has 0 bridgehead atoms. The summed E-state index contributed by atoms with van der Waals surface area (Å²) in [6, 6.07) is 6.55. The van der Waals surface area contributed by atoms with E-state index in [-0.39, 0.29) is 17.1 Å². The predicted molar refractivity (Wildman–Crippen MR) is 120 cm³/mol. The molecule has 0 aliphatic rings. The number of nitro groups is 1.